The van der Waals surface area contributed by atoms with Crippen molar-refractivity contribution in [3.63, 3.8) is 0 Å². The molecule has 0 fully saturated rings. The molecule has 0 bridgehead atoms. The highest BCUT2D eigenvalue weighted by molar-refractivity contribution is 5.69. The topological polar surface area (TPSA) is 83.8 Å². The molecule has 0 aromatic carbocycles. The van der Waals surface area contributed by atoms with E-state index in [1.54, 1.807) is 0 Å². The summed E-state index contributed by atoms with van der Waals surface area (Å²) in [6.07, 6.45) is 43.2. The summed E-state index contributed by atoms with van der Waals surface area (Å²) in [6.45, 7) is 4.52. The molecule has 0 saturated carbocycles. The Morgan fingerprint density at radius 1 is 0.465 bits per heavy atom. The van der Waals surface area contributed by atoms with Crippen LogP contribution in [0.15, 0.2) is 24.3 Å². The molecule has 0 heterocycles. The molecule has 0 unspecified atom stereocenters. The Morgan fingerprint density at radius 2 is 0.744 bits per heavy atom. The summed E-state index contributed by atoms with van der Waals surface area (Å²) in [7, 11) is 2.46. The van der Waals surface area contributed by atoms with Gasteiger partial charge in [0.15, 0.2) is 0 Å². The van der Waals surface area contributed by atoms with E-state index >= 15 is 0 Å². The number of carbonyl (C=O) groups is 2. The number of methoxy groups -OCH3 is 1. The lowest BCUT2D eigenvalue weighted by Crippen LogP contribution is -1.98. The molecule has 0 amide bonds. The molecular weight excluding hydrogens is 536 g/mol. The normalized spacial score (nSPS) is 10.8. The summed E-state index contributed by atoms with van der Waals surface area (Å²) in [6, 6.07) is 0. The molecule has 5 nitrogen and oxygen atoms in total. The number of carboxylic acids is 1. The van der Waals surface area contributed by atoms with Crippen molar-refractivity contribution >= 4 is 11.9 Å². The molecule has 0 aliphatic heterocycles. The maximum Gasteiger partial charge on any atom is 0.305 e. The number of allylic oxidation sites excluding steroid dienone is 4. The first-order chi connectivity index (χ1) is 21.1. The minimum Gasteiger partial charge on any atom is -0.481 e. The van der Waals surface area contributed by atoms with Gasteiger partial charge in [0.05, 0.1) is 7.11 Å². The van der Waals surface area contributed by atoms with Gasteiger partial charge in [0.2, 0.25) is 0 Å². The van der Waals surface area contributed by atoms with Gasteiger partial charge in [-0.1, -0.05) is 141 Å². The Morgan fingerprint density at radius 3 is 1.05 bits per heavy atom. The van der Waals surface area contributed by atoms with Crippen LogP contribution in [0.4, 0.5) is 0 Å². The quantitative estimate of drug-likeness (QED) is 0.0480. The van der Waals surface area contributed by atoms with Crippen LogP contribution in [0, 0.1) is 0 Å². The summed E-state index contributed by atoms with van der Waals surface area (Å²) in [4.78, 5) is 21.2. The summed E-state index contributed by atoms with van der Waals surface area (Å²) in [5.74, 6) is -0.741. The third kappa shape index (κ3) is 50.3. The molecule has 0 spiro atoms. The van der Waals surface area contributed by atoms with Crippen molar-refractivity contribution in [3.05, 3.63) is 24.3 Å². The van der Waals surface area contributed by atoms with Crippen LogP contribution in [-0.2, 0) is 14.3 Å². The summed E-state index contributed by atoms with van der Waals surface area (Å²) < 4.78 is 4.62. The van der Waals surface area contributed by atoms with Crippen LogP contribution in [0.2, 0.25) is 0 Å². The van der Waals surface area contributed by atoms with E-state index in [9.17, 15) is 9.59 Å². The number of aliphatic hydroxyl groups is 1. The van der Waals surface area contributed by atoms with Gasteiger partial charge in [0.25, 0.3) is 0 Å². The highest BCUT2D eigenvalue weighted by Crippen LogP contribution is 2.11. The van der Waals surface area contributed by atoms with Crippen molar-refractivity contribution < 1.29 is 24.5 Å². The highest BCUT2D eigenvalue weighted by Gasteiger charge is 1.99. The summed E-state index contributed by atoms with van der Waals surface area (Å²) >= 11 is 0. The van der Waals surface area contributed by atoms with E-state index in [0.717, 1.165) is 32.8 Å². The molecule has 256 valence electrons. The zero-order valence-electron chi connectivity index (χ0n) is 29.2. The van der Waals surface area contributed by atoms with E-state index in [1.165, 1.54) is 148 Å². The maximum atomic E-state index is 10.9. The molecule has 0 aliphatic carbocycles. The Bertz CT molecular complexity index is 585. The first-order valence-corrected chi connectivity index (χ1v) is 18.1. The lowest BCUT2D eigenvalue weighted by molar-refractivity contribution is -0.141. The number of ether oxygens (including phenoxy) is 1. The van der Waals surface area contributed by atoms with Crippen LogP contribution in [0.1, 0.15) is 194 Å². The molecule has 0 rings (SSSR count). The molecule has 43 heavy (non-hydrogen) atoms. The van der Waals surface area contributed by atoms with Crippen LogP contribution in [0.3, 0.4) is 0 Å². The van der Waals surface area contributed by atoms with Crippen molar-refractivity contribution in [2.45, 2.75) is 194 Å². The van der Waals surface area contributed by atoms with Gasteiger partial charge >= 0.3 is 11.9 Å². The van der Waals surface area contributed by atoms with Gasteiger partial charge in [-0.2, -0.15) is 0 Å². The van der Waals surface area contributed by atoms with Crippen LogP contribution in [0.25, 0.3) is 0 Å². The molecule has 0 aromatic rings. The van der Waals surface area contributed by atoms with Gasteiger partial charge in [0, 0.05) is 20.0 Å². The van der Waals surface area contributed by atoms with Gasteiger partial charge < -0.3 is 14.9 Å². The number of rotatable bonds is 30. The van der Waals surface area contributed by atoms with Crippen LogP contribution in [-0.4, -0.2) is 36.4 Å². The standard InChI is InChI=1S/C19H36O2.C18H34O2.CH4O/c1-3-4-5-6-7-8-9-10-11-12-13-14-15-16-17-18-19(20)21-2;1-2-3-4-5-6-7-8-9-10-11-12-13-14-15-16-17-18(19)20;1-2/h10-11H,3-9,12-18H2,1-2H3;9-10H,2-8,11-17H2,1H3,(H,19,20);2H,1H3/b11-10-;10-9-;. The highest BCUT2D eigenvalue weighted by atomic mass is 16.5. The van der Waals surface area contributed by atoms with E-state index in [0.29, 0.717) is 12.8 Å². The molecule has 0 aliphatic rings. The van der Waals surface area contributed by atoms with E-state index in [4.69, 9.17) is 10.2 Å². The zero-order valence-corrected chi connectivity index (χ0v) is 29.2. The fourth-order valence-corrected chi connectivity index (χ4v) is 4.79. The Labute approximate surface area is 268 Å². The Balaban J connectivity index is -0.000000704. The predicted octanol–water partition coefficient (Wildman–Crippen LogP) is 11.9. The lowest BCUT2D eigenvalue weighted by atomic mass is 10.1. The summed E-state index contributed by atoms with van der Waals surface area (Å²) in [5.41, 5.74) is 0. The minimum absolute atomic E-state index is 0.0763. The Hall–Kier alpha value is -1.62. The summed E-state index contributed by atoms with van der Waals surface area (Å²) in [5, 5.41) is 15.5. The van der Waals surface area contributed by atoms with Gasteiger partial charge in [0.1, 0.15) is 0 Å². The van der Waals surface area contributed by atoms with Gasteiger partial charge in [-0.05, 0) is 64.2 Å². The maximum absolute atomic E-state index is 10.9. The first-order valence-electron chi connectivity index (χ1n) is 18.1. The van der Waals surface area contributed by atoms with Crippen LogP contribution < -0.4 is 0 Å². The lowest BCUT2D eigenvalue weighted by Gasteiger charge is -2.00. The largest absolute Gasteiger partial charge is 0.481 e. The number of esters is 1. The second-order valence-electron chi connectivity index (χ2n) is 11.6. The van der Waals surface area contributed by atoms with Crippen LogP contribution >= 0.6 is 0 Å². The van der Waals surface area contributed by atoms with E-state index in [-0.39, 0.29) is 5.97 Å². The van der Waals surface area contributed by atoms with Gasteiger partial charge in [-0.25, -0.2) is 0 Å². The average molecular weight is 611 g/mol. The number of carbonyl (C=O) groups excluding carboxylic acids is 1. The molecule has 0 aromatic heterocycles. The fraction of sp³-hybridized carbons (Fsp3) is 0.842. The molecule has 0 saturated heterocycles. The Kier molecular flexibility index (Phi) is 47.7. The number of carboxylic acid groups (broad SMARTS) is 1. The van der Waals surface area contributed by atoms with Crippen molar-refractivity contribution in [3.8, 4) is 0 Å². The van der Waals surface area contributed by atoms with E-state index < -0.39 is 5.97 Å². The minimum atomic E-state index is -0.664. The SMILES string of the molecule is CCCCCCCC/C=C\CCCCCCCC(=O)O.CCCCCCCC/C=C\CCCCCCCC(=O)OC.CO. The second-order valence-corrected chi connectivity index (χ2v) is 11.6. The fourth-order valence-electron chi connectivity index (χ4n) is 4.79. The van der Waals surface area contributed by atoms with Crippen molar-refractivity contribution in [2.24, 2.45) is 0 Å². The third-order valence-corrected chi connectivity index (χ3v) is 7.52. The second kappa shape index (κ2) is 44.8. The van der Waals surface area contributed by atoms with E-state index in [2.05, 4.69) is 42.9 Å². The average Bonchev–Trinajstić information content (AvgIpc) is 3.02. The number of hydrogen-bond acceptors (Lipinski definition) is 4. The van der Waals surface area contributed by atoms with Crippen LogP contribution in [0.5, 0.6) is 0 Å². The number of hydrogen-bond donors (Lipinski definition) is 2. The number of unbranched alkanes of at least 4 members (excludes halogenated alkanes) is 22. The van der Waals surface area contributed by atoms with Gasteiger partial charge in [-0.15, -0.1) is 0 Å². The van der Waals surface area contributed by atoms with E-state index in [1.807, 2.05) is 0 Å². The first kappa shape index (κ1) is 45.8. The molecule has 0 atom stereocenters. The van der Waals surface area contributed by atoms with Crippen molar-refractivity contribution in [1.82, 2.24) is 0 Å². The third-order valence-electron chi connectivity index (χ3n) is 7.52. The van der Waals surface area contributed by atoms with Crippen molar-refractivity contribution in [1.29, 1.82) is 0 Å². The molecular formula is C38H74O5. The number of aliphatic carboxylic acids is 1. The smallest absolute Gasteiger partial charge is 0.305 e. The molecule has 5 heteroatoms. The van der Waals surface area contributed by atoms with Crippen molar-refractivity contribution in [2.75, 3.05) is 14.2 Å². The van der Waals surface area contributed by atoms with Gasteiger partial charge in [-0.3, -0.25) is 9.59 Å². The molecule has 2 N–H and O–H groups in total. The number of aliphatic hydroxyl groups excluding tert-OH is 1. The monoisotopic (exact) mass is 611 g/mol. The zero-order chi connectivity index (χ0) is 32.5. The predicted molar refractivity (Wildman–Crippen MR) is 187 cm³/mol. The molecule has 0 radical (unpaired) electrons.